The third-order valence-corrected chi connectivity index (χ3v) is 3.49. The monoisotopic (exact) mass is 344 g/mol. The Hall–Kier alpha value is -0.940. The lowest BCUT2D eigenvalue weighted by molar-refractivity contribution is -0.131. The van der Waals surface area contributed by atoms with E-state index in [1.54, 1.807) is 31.1 Å². The highest BCUT2D eigenvalue weighted by Crippen LogP contribution is 2.16. The second-order valence-electron chi connectivity index (χ2n) is 5.53. The molecule has 0 spiro atoms. The predicted octanol–water partition coefficient (Wildman–Crippen LogP) is 3.18. The quantitative estimate of drug-likeness (QED) is 0.859. The number of benzene rings is 1. The van der Waals surface area contributed by atoms with Gasteiger partial charge in [0.1, 0.15) is 5.82 Å². The summed E-state index contributed by atoms with van der Waals surface area (Å²) < 4.78 is 14.5. The average molecular weight is 345 g/mol. The second kappa shape index (κ2) is 7.74. The van der Waals surface area contributed by atoms with Gasteiger partial charge in [-0.15, -0.1) is 0 Å². The second-order valence-corrected chi connectivity index (χ2v) is 6.45. The van der Waals surface area contributed by atoms with Crippen LogP contribution in [0, 0.1) is 11.7 Å². The van der Waals surface area contributed by atoms with E-state index in [1.807, 2.05) is 0 Å². The summed E-state index contributed by atoms with van der Waals surface area (Å²) in [5.41, 5.74) is 0.563. The normalized spacial score (nSPS) is 12.6. The van der Waals surface area contributed by atoms with Crippen LogP contribution in [0.4, 0.5) is 4.39 Å². The molecule has 1 atom stereocenters. The van der Waals surface area contributed by atoms with Gasteiger partial charge in [0.15, 0.2) is 0 Å². The fourth-order valence-electron chi connectivity index (χ4n) is 1.95. The van der Waals surface area contributed by atoms with Gasteiger partial charge in [-0.1, -0.05) is 35.8 Å². The molecule has 0 aliphatic rings. The molecule has 112 valence electrons. The third-order valence-electron chi connectivity index (χ3n) is 3.00. The molecule has 1 N–H and O–H groups in total. The Morgan fingerprint density at radius 2 is 2.05 bits per heavy atom. The molecule has 0 saturated carbocycles. The Morgan fingerprint density at radius 1 is 1.40 bits per heavy atom. The van der Waals surface area contributed by atoms with E-state index in [-0.39, 0.29) is 17.8 Å². The van der Waals surface area contributed by atoms with Crippen molar-refractivity contribution in [2.45, 2.75) is 32.9 Å². The molecule has 1 aromatic rings. The number of carbonyl (C=O) groups excluding carboxylic acids is 1. The molecular weight excluding hydrogens is 323 g/mol. The van der Waals surface area contributed by atoms with E-state index in [2.05, 4.69) is 35.1 Å². The lowest BCUT2D eigenvalue weighted by Crippen LogP contribution is -2.44. The fraction of sp³-hybridized carbons (Fsp3) is 0.533. The molecule has 1 amide bonds. The largest absolute Gasteiger partial charge is 0.347 e. The Morgan fingerprint density at radius 3 is 2.55 bits per heavy atom. The standard InChI is InChI=1S/C15H22BrFN2O/c1-10(2)7-14(15(20)19(3)4)18-9-11-5-6-12(16)8-13(11)17/h5-6,8,10,14,18H,7,9H2,1-4H3. The molecule has 0 radical (unpaired) electrons. The minimum atomic E-state index is -0.284. The molecule has 0 aromatic heterocycles. The van der Waals surface area contributed by atoms with Gasteiger partial charge in [0, 0.05) is 30.7 Å². The van der Waals surface area contributed by atoms with E-state index in [0.29, 0.717) is 22.5 Å². The first-order chi connectivity index (χ1) is 9.31. The molecule has 1 unspecified atom stereocenters. The highest BCUT2D eigenvalue weighted by Gasteiger charge is 2.21. The average Bonchev–Trinajstić information content (AvgIpc) is 2.34. The Labute approximate surface area is 128 Å². The van der Waals surface area contributed by atoms with Crippen LogP contribution < -0.4 is 5.32 Å². The maximum atomic E-state index is 13.8. The van der Waals surface area contributed by atoms with Crippen molar-refractivity contribution in [3.8, 4) is 0 Å². The molecule has 0 aliphatic heterocycles. The van der Waals surface area contributed by atoms with Crippen LogP contribution in [0.1, 0.15) is 25.8 Å². The molecule has 0 aliphatic carbocycles. The smallest absolute Gasteiger partial charge is 0.239 e. The van der Waals surface area contributed by atoms with Gasteiger partial charge in [-0.2, -0.15) is 0 Å². The van der Waals surface area contributed by atoms with E-state index in [9.17, 15) is 9.18 Å². The van der Waals surface area contributed by atoms with Crippen LogP contribution >= 0.6 is 15.9 Å². The van der Waals surface area contributed by atoms with Crippen LogP contribution in [0.2, 0.25) is 0 Å². The zero-order valence-corrected chi connectivity index (χ0v) is 14.0. The zero-order chi connectivity index (χ0) is 15.3. The molecule has 1 aromatic carbocycles. The lowest BCUT2D eigenvalue weighted by atomic mass is 10.0. The number of carbonyl (C=O) groups is 1. The molecule has 0 heterocycles. The number of hydrogen-bond donors (Lipinski definition) is 1. The number of halogens is 2. The number of nitrogens with zero attached hydrogens (tertiary/aromatic N) is 1. The number of amides is 1. The lowest BCUT2D eigenvalue weighted by Gasteiger charge is -2.23. The van der Waals surface area contributed by atoms with Crippen LogP contribution in [0.25, 0.3) is 0 Å². The summed E-state index contributed by atoms with van der Waals surface area (Å²) in [6.07, 6.45) is 0.731. The van der Waals surface area contributed by atoms with Gasteiger partial charge in [-0.05, 0) is 24.5 Å². The van der Waals surface area contributed by atoms with E-state index < -0.39 is 0 Å². The van der Waals surface area contributed by atoms with Gasteiger partial charge in [-0.3, -0.25) is 4.79 Å². The molecule has 3 nitrogen and oxygen atoms in total. The summed E-state index contributed by atoms with van der Waals surface area (Å²) in [6.45, 7) is 4.48. The fourth-order valence-corrected chi connectivity index (χ4v) is 2.29. The summed E-state index contributed by atoms with van der Waals surface area (Å²) in [5, 5.41) is 3.16. The first-order valence-electron chi connectivity index (χ1n) is 6.69. The first-order valence-corrected chi connectivity index (χ1v) is 7.49. The first kappa shape index (κ1) is 17.1. The van der Waals surface area contributed by atoms with Crippen molar-refractivity contribution in [3.63, 3.8) is 0 Å². The topological polar surface area (TPSA) is 32.3 Å². The predicted molar refractivity (Wildman–Crippen MR) is 82.9 cm³/mol. The highest BCUT2D eigenvalue weighted by molar-refractivity contribution is 9.10. The number of rotatable bonds is 6. The van der Waals surface area contributed by atoms with E-state index in [0.717, 1.165) is 6.42 Å². The van der Waals surface area contributed by atoms with Gasteiger partial charge in [-0.25, -0.2) is 4.39 Å². The maximum absolute atomic E-state index is 13.8. The minimum absolute atomic E-state index is 0.0243. The van der Waals surface area contributed by atoms with Gasteiger partial charge in [0.05, 0.1) is 6.04 Å². The molecule has 0 fully saturated rings. The van der Waals surface area contributed by atoms with Gasteiger partial charge in [0.25, 0.3) is 0 Å². The Kier molecular flexibility index (Phi) is 6.62. The van der Waals surface area contributed by atoms with Crippen LogP contribution in [-0.4, -0.2) is 30.9 Å². The maximum Gasteiger partial charge on any atom is 0.239 e. The van der Waals surface area contributed by atoms with Gasteiger partial charge < -0.3 is 10.2 Å². The van der Waals surface area contributed by atoms with Crippen molar-refractivity contribution in [2.24, 2.45) is 5.92 Å². The van der Waals surface area contributed by atoms with Crippen LogP contribution in [0.15, 0.2) is 22.7 Å². The summed E-state index contributed by atoms with van der Waals surface area (Å²) in [5.74, 6) is 0.148. The molecule has 0 saturated heterocycles. The Balaban J connectivity index is 2.72. The van der Waals surface area contributed by atoms with E-state index in [1.165, 1.54) is 6.07 Å². The summed E-state index contributed by atoms with van der Waals surface area (Å²) >= 11 is 3.23. The van der Waals surface area contributed by atoms with E-state index in [4.69, 9.17) is 0 Å². The number of nitrogens with one attached hydrogen (secondary N) is 1. The van der Waals surface area contributed by atoms with Crippen molar-refractivity contribution in [3.05, 3.63) is 34.1 Å². The summed E-state index contributed by atoms with van der Waals surface area (Å²) in [4.78, 5) is 13.7. The number of likely N-dealkylation sites (N-methyl/N-ethyl adjacent to an activating group) is 1. The SMILES string of the molecule is CC(C)CC(NCc1ccc(Br)cc1F)C(=O)N(C)C. The number of hydrogen-bond acceptors (Lipinski definition) is 2. The van der Waals surface area contributed by atoms with Crippen molar-refractivity contribution >= 4 is 21.8 Å². The van der Waals surface area contributed by atoms with Crippen molar-refractivity contribution in [1.82, 2.24) is 10.2 Å². The molecule has 0 bridgehead atoms. The van der Waals surface area contributed by atoms with Crippen LogP contribution in [-0.2, 0) is 11.3 Å². The molecule has 20 heavy (non-hydrogen) atoms. The molecular formula is C15H22BrFN2O. The minimum Gasteiger partial charge on any atom is -0.347 e. The van der Waals surface area contributed by atoms with Crippen molar-refractivity contribution < 1.29 is 9.18 Å². The van der Waals surface area contributed by atoms with Gasteiger partial charge >= 0.3 is 0 Å². The zero-order valence-electron chi connectivity index (χ0n) is 12.4. The summed E-state index contributed by atoms with van der Waals surface area (Å²) in [7, 11) is 3.47. The summed E-state index contributed by atoms with van der Waals surface area (Å²) in [6, 6.07) is 4.67. The van der Waals surface area contributed by atoms with Crippen LogP contribution in [0.3, 0.4) is 0 Å². The molecule has 5 heteroatoms. The van der Waals surface area contributed by atoms with Crippen LogP contribution in [0.5, 0.6) is 0 Å². The van der Waals surface area contributed by atoms with Gasteiger partial charge in [0.2, 0.25) is 5.91 Å². The van der Waals surface area contributed by atoms with Crippen molar-refractivity contribution in [2.75, 3.05) is 14.1 Å². The molecule has 1 rings (SSSR count). The van der Waals surface area contributed by atoms with E-state index >= 15 is 0 Å². The third kappa shape index (κ3) is 5.21. The highest BCUT2D eigenvalue weighted by atomic mass is 79.9. The van der Waals surface area contributed by atoms with Crippen molar-refractivity contribution in [1.29, 1.82) is 0 Å². The Bertz CT molecular complexity index is 463.